The molecule has 0 aliphatic carbocycles. The molecule has 2 rings (SSSR count). The van der Waals surface area contributed by atoms with Gasteiger partial charge in [0.05, 0.1) is 4.92 Å². The van der Waals surface area contributed by atoms with Gasteiger partial charge in [-0.2, -0.15) is 21.6 Å². The minimum absolute atomic E-state index is 0.100. The van der Waals surface area contributed by atoms with Crippen LogP contribution in [0.3, 0.4) is 0 Å². The van der Waals surface area contributed by atoms with Gasteiger partial charge in [-0.25, -0.2) is 0 Å². The van der Waals surface area contributed by atoms with Crippen LogP contribution < -0.4 is 4.18 Å². The molecule has 24 heavy (non-hydrogen) atoms. The number of halogens is 3. The van der Waals surface area contributed by atoms with E-state index in [2.05, 4.69) is 0 Å². The van der Waals surface area contributed by atoms with Crippen molar-refractivity contribution in [2.45, 2.75) is 18.5 Å². The molecule has 6 nitrogen and oxygen atoms in total. The minimum atomic E-state index is -4.25. The molecule has 2 aromatic carbocycles. The van der Waals surface area contributed by atoms with Crippen LogP contribution >= 0.6 is 0 Å². The summed E-state index contributed by atoms with van der Waals surface area (Å²) in [4.78, 5) is 9.72. The molecule has 0 unspecified atom stereocenters. The molecule has 0 amide bonds. The second-order valence-electron chi connectivity index (χ2n) is 4.33. The fraction of sp³-hybridized carbons (Fsp3) is 0.143. The third-order valence-electron chi connectivity index (χ3n) is 2.53. The molecule has 0 N–H and O–H groups in total. The summed E-state index contributed by atoms with van der Waals surface area (Å²) in [5, 5.41) is 10.9. The number of nitro benzene ring substituents is 1. The second kappa shape index (κ2) is 8.29. The molecular formula is C14H12F3NO5S. The Morgan fingerprint density at radius 2 is 1.62 bits per heavy atom. The van der Waals surface area contributed by atoms with Crippen LogP contribution in [0.1, 0.15) is 5.56 Å². The highest BCUT2D eigenvalue weighted by molar-refractivity contribution is 7.87. The lowest BCUT2D eigenvalue weighted by molar-refractivity contribution is -0.387. The van der Waals surface area contributed by atoms with Crippen molar-refractivity contribution in [1.29, 1.82) is 0 Å². The summed E-state index contributed by atoms with van der Waals surface area (Å²) in [5.41, 5.74) is 0.0809. The Morgan fingerprint density at radius 3 is 2.12 bits per heavy atom. The Morgan fingerprint density at radius 1 is 1.08 bits per heavy atom. The fourth-order valence-electron chi connectivity index (χ4n) is 1.62. The maximum Gasteiger partial charge on any atom is 0.379 e. The van der Waals surface area contributed by atoms with Crippen LogP contribution in [0, 0.1) is 17.0 Å². The Hall–Kier alpha value is -2.62. The van der Waals surface area contributed by atoms with Gasteiger partial charge in [0.15, 0.2) is 4.90 Å². The molecule has 0 saturated heterocycles. The molecule has 0 fully saturated rings. The third kappa shape index (κ3) is 5.88. The molecule has 0 saturated carbocycles. The lowest BCUT2D eigenvalue weighted by Crippen LogP contribution is -2.12. The number of hydrogen-bond donors (Lipinski definition) is 0. The SMILES string of the molecule is Cc1ccc([N+](=O)[O-])c(S(=O)(=O)Oc2ccccc2)c1.FC(F)F. The maximum atomic E-state index is 12.2. The lowest BCUT2D eigenvalue weighted by atomic mass is 10.2. The van der Waals surface area contributed by atoms with E-state index in [9.17, 15) is 31.7 Å². The van der Waals surface area contributed by atoms with Crippen LogP contribution in [0.25, 0.3) is 0 Å². The summed E-state index contributed by atoms with van der Waals surface area (Å²) in [6, 6.07) is 11.7. The van der Waals surface area contributed by atoms with Crippen molar-refractivity contribution in [3.63, 3.8) is 0 Å². The molecule has 0 aliphatic rings. The predicted molar refractivity (Wildman–Crippen MR) is 79.2 cm³/mol. The van der Waals surface area contributed by atoms with E-state index in [-0.39, 0.29) is 5.75 Å². The maximum absolute atomic E-state index is 12.2. The van der Waals surface area contributed by atoms with E-state index < -0.39 is 32.3 Å². The van der Waals surface area contributed by atoms with Crippen LogP contribution in [0.4, 0.5) is 18.9 Å². The van der Waals surface area contributed by atoms with Gasteiger partial charge >= 0.3 is 16.8 Å². The number of rotatable bonds is 4. The molecule has 10 heteroatoms. The largest absolute Gasteiger partial charge is 0.379 e. The zero-order valence-electron chi connectivity index (χ0n) is 12.2. The van der Waals surface area contributed by atoms with Gasteiger partial charge in [-0.1, -0.05) is 24.3 Å². The van der Waals surface area contributed by atoms with E-state index in [1.807, 2.05) is 0 Å². The normalized spacial score (nSPS) is 10.7. The number of aryl methyl sites for hydroxylation is 1. The molecule has 0 spiro atoms. The van der Waals surface area contributed by atoms with Crippen molar-refractivity contribution in [2.24, 2.45) is 0 Å². The summed E-state index contributed by atoms with van der Waals surface area (Å²) in [5.74, 6) is 0.100. The van der Waals surface area contributed by atoms with Gasteiger partial charge in [0, 0.05) is 6.07 Å². The van der Waals surface area contributed by atoms with Crippen molar-refractivity contribution in [2.75, 3.05) is 0 Å². The topological polar surface area (TPSA) is 86.5 Å². The molecule has 0 bridgehead atoms. The number of nitro groups is 1. The highest BCUT2D eigenvalue weighted by Gasteiger charge is 2.27. The van der Waals surface area contributed by atoms with Crippen molar-refractivity contribution in [3.8, 4) is 5.75 Å². The van der Waals surface area contributed by atoms with E-state index in [0.717, 1.165) is 6.07 Å². The van der Waals surface area contributed by atoms with Gasteiger partial charge < -0.3 is 4.18 Å². The first-order valence-electron chi connectivity index (χ1n) is 6.30. The standard InChI is InChI=1S/C13H11NO5S.CHF3/c1-10-7-8-12(14(15)16)13(9-10)20(17,18)19-11-5-3-2-4-6-11;2-1(3)4/h2-9H,1H3;1H. The van der Waals surface area contributed by atoms with E-state index in [0.29, 0.717) is 5.56 Å². The second-order valence-corrected chi connectivity index (χ2v) is 5.84. The van der Waals surface area contributed by atoms with Crippen LogP contribution in [-0.2, 0) is 10.1 Å². The first-order valence-corrected chi connectivity index (χ1v) is 7.71. The zero-order chi connectivity index (χ0) is 18.3. The molecule has 0 aliphatic heterocycles. The number of para-hydroxylation sites is 1. The van der Waals surface area contributed by atoms with E-state index in [1.165, 1.54) is 24.3 Å². The Balaban J connectivity index is 0.000000648. The predicted octanol–water partition coefficient (Wildman–Crippen LogP) is 3.85. The molecular weight excluding hydrogens is 351 g/mol. The summed E-state index contributed by atoms with van der Waals surface area (Å²) < 4.78 is 58.2. The monoisotopic (exact) mass is 363 g/mol. The summed E-state index contributed by atoms with van der Waals surface area (Å²) in [7, 11) is -4.25. The quantitative estimate of drug-likeness (QED) is 0.468. The smallest absolute Gasteiger partial charge is 0.379 e. The van der Waals surface area contributed by atoms with Gasteiger partial charge in [-0.15, -0.1) is 0 Å². The van der Waals surface area contributed by atoms with Crippen molar-refractivity contribution < 1.29 is 30.7 Å². The molecule has 0 atom stereocenters. The van der Waals surface area contributed by atoms with Crippen LogP contribution in [0.15, 0.2) is 53.4 Å². The van der Waals surface area contributed by atoms with Gasteiger partial charge in [0.2, 0.25) is 0 Å². The van der Waals surface area contributed by atoms with Crippen molar-refractivity contribution in [1.82, 2.24) is 0 Å². The van der Waals surface area contributed by atoms with Gasteiger partial charge in [0.1, 0.15) is 5.75 Å². The van der Waals surface area contributed by atoms with Gasteiger partial charge in [0.25, 0.3) is 5.69 Å². The number of hydrogen-bond acceptors (Lipinski definition) is 5. The molecule has 0 radical (unpaired) electrons. The molecule has 2 aromatic rings. The van der Waals surface area contributed by atoms with Crippen LogP contribution in [-0.4, -0.2) is 20.0 Å². The Kier molecular flexibility index (Phi) is 6.71. The molecule has 0 heterocycles. The molecule has 0 aromatic heterocycles. The van der Waals surface area contributed by atoms with Gasteiger partial charge in [-0.05, 0) is 30.7 Å². The highest BCUT2D eigenvalue weighted by Crippen LogP contribution is 2.27. The van der Waals surface area contributed by atoms with Crippen LogP contribution in [0.2, 0.25) is 0 Å². The van der Waals surface area contributed by atoms with Crippen LogP contribution in [0.5, 0.6) is 5.75 Å². The number of nitrogens with zero attached hydrogens (tertiary/aromatic N) is 1. The Labute approximate surface area is 135 Å². The van der Waals surface area contributed by atoms with Gasteiger partial charge in [-0.3, -0.25) is 10.1 Å². The zero-order valence-corrected chi connectivity index (χ0v) is 13.0. The first kappa shape index (κ1) is 19.4. The summed E-state index contributed by atoms with van der Waals surface area (Å²) >= 11 is 0. The first-order chi connectivity index (χ1) is 11.1. The van der Waals surface area contributed by atoms with E-state index >= 15 is 0 Å². The number of benzene rings is 2. The Bertz CT molecular complexity index is 795. The van der Waals surface area contributed by atoms with E-state index in [4.69, 9.17) is 4.18 Å². The average Bonchev–Trinajstić information content (AvgIpc) is 2.47. The fourth-order valence-corrected chi connectivity index (χ4v) is 2.80. The number of alkyl halides is 3. The lowest BCUT2D eigenvalue weighted by Gasteiger charge is -2.07. The molecule has 130 valence electrons. The van der Waals surface area contributed by atoms with Crippen molar-refractivity contribution in [3.05, 3.63) is 64.2 Å². The summed E-state index contributed by atoms with van der Waals surface area (Å²) in [6.07, 6.45) is 0. The third-order valence-corrected chi connectivity index (χ3v) is 3.81. The van der Waals surface area contributed by atoms with E-state index in [1.54, 1.807) is 25.1 Å². The minimum Gasteiger partial charge on any atom is -0.379 e. The average molecular weight is 363 g/mol. The van der Waals surface area contributed by atoms with Crippen molar-refractivity contribution >= 4 is 15.8 Å². The summed E-state index contributed by atoms with van der Waals surface area (Å²) in [6.45, 7) is -2.02. The highest BCUT2D eigenvalue weighted by atomic mass is 32.2.